The van der Waals surface area contributed by atoms with Gasteiger partial charge in [0.15, 0.2) is 10.3 Å². The lowest BCUT2D eigenvalue weighted by molar-refractivity contribution is 0.102. The summed E-state index contributed by atoms with van der Waals surface area (Å²) in [5.41, 5.74) is 2.22. The Kier molecular flexibility index (Phi) is 7.04. The van der Waals surface area contributed by atoms with E-state index in [4.69, 9.17) is 46.4 Å². The summed E-state index contributed by atoms with van der Waals surface area (Å²) in [7, 11) is 0. The smallest absolute Gasteiger partial charge is 0.320 e. The van der Waals surface area contributed by atoms with Gasteiger partial charge < -0.3 is 16.0 Å². The van der Waals surface area contributed by atoms with E-state index in [1.807, 2.05) is 0 Å². The predicted octanol–water partition coefficient (Wildman–Crippen LogP) is 6.84. The van der Waals surface area contributed by atoms with Gasteiger partial charge in [0, 0.05) is 11.6 Å². The number of aromatic nitrogens is 3. The van der Waals surface area contributed by atoms with Gasteiger partial charge in [-0.2, -0.15) is 0 Å². The summed E-state index contributed by atoms with van der Waals surface area (Å²) >= 11 is 24.3. The molecule has 3 amide bonds. The van der Waals surface area contributed by atoms with Crippen molar-refractivity contribution in [3.8, 4) is 0 Å². The van der Waals surface area contributed by atoms with Crippen LogP contribution in [0.4, 0.5) is 21.9 Å². The molecule has 0 bridgehead atoms. The Morgan fingerprint density at radius 3 is 2.09 bits per heavy atom. The van der Waals surface area contributed by atoms with Crippen molar-refractivity contribution in [1.82, 2.24) is 15.0 Å². The summed E-state index contributed by atoms with van der Waals surface area (Å²) in [6.07, 6.45) is 2.75. The molecule has 0 fully saturated rings. The molecule has 0 unspecified atom stereocenters. The Balaban J connectivity index is 1.66. The molecule has 4 rings (SSSR count). The summed E-state index contributed by atoms with van der Waals surface area (Å²) in [5, 5.41) is 9.11. The third-order valence-corrected chi connectivity index (χ3v) is 5.96. The lowest BCUT2D eigenvalue weighted by Gasteiger charge is -2.15. The lowest BCUT2D eigenvalue weighted by Crippen LogP contribution is -2.21. The first-order chi connectivity index (χ1) is 16.3. The average Bonchev–Trinajstić information content (AvgIpc) is 2.78. The van der Waals surface area contributed by atoms with Crippen molar-refractivity contribution >= 4 is 86.3 Å². The number of carbonyl (C=O) groups is 2. The van der Waals surface area contributed by atoms with Crippen LogP contribution in [-0.4, -0.2) is 26.9 Å². The van der Waals surface area contributed by atoms with Gasteiger partial charge in [0.25, 0.3) is 5.91 Å². The molecule has 0 aliphatic heterocycles. The van der Waals surface area contributed by atoms with Crippen molar-refractivity contribution in [2.24, 2.45) is 0 Å². The number of halogens is 4. The molecule has 0 spiro atoms. The average molecular weight is 536 g/mol. The standard InChI is InChI=1S/C22H14Cl4N6O2/c1-10-8-27-17-11(16(10)31-22(34)32-18-19(25)28-9-29-20(18)26)4-2-7-14(17)30-21(33)15-12(23)5-3-6-13(15)24/h2-9H,1H3,(H,30,33)(H2,27,31,32,34). The maximum absolute atomic E-state index is 12.9. The van der Waals surface area contributed by atoms with Crippen molar-refractivity contribution in [3.63, 3.8) is 0 Å². The molecule has 34 heavy (non-hydrogen) atoms. The van der Waals surface area contributed by atoms with Crippen molar-refractivity contribution in [2.75, 3.05) is 16.0 Å². The number of carbonyl (C=O) groups excluding carboxylic acids is 2. The van der Waals surface area contributed by atoms with E-state index < -0.39 is 11.9 Å². The Morgan fingerprint density at radius 1 is 0.794 bits per heavy atom. The van der Waals surface area contributed by atoms with Crippen LogP contribution in [0.15, 0.2) is 48.9 Å². The first-order valence-electron chi connectivity index (χ1n) is 9.64. The molecule has 172 valence electrons. The van der Waals surface area contributed by atoms with Gasteiger partial charge >= 0.3 is 6.03 Å². The highest BCUT2D eigenvalue weighted by Gasteiger charge is 2.18. The fourth-order valence-corrected chi connectivity index (χ4v) is 4.17. The van der Waals surface area contributed by atoms with Crippen molar-refractivity contribution in [3.05, 3.63) is 80.4 Å². The van der Waals surface area contributed by atoms with Gasteiger partial charge in [0.05, 0.1) is 32.5 Å². The molecular weight excluding hydrogens is 522 g/mol. The zero-order valence-corrected chi connectivity index (χ0v) is 20.3. The maximum atomic E-state index is 12.9. The van der Waals surface area contributed by atoms with Crippen LogP contribution in [0.5, 0.6) is 0 Å². The van der Waals surface area contributed by atoms with Crippen molar-refractivity contribution < 1.29 is 9.59 Å². The molecule has 3 N–H and O–H groups in total. The van der Waals surface area contributed by atoms with Crippen LogP contribution in [0.1, 0.15) is 15.9 Å². The molecule has 0 saturated carbocycles. The number of urea groups is 1. The number of benzene rings is 2. The van der Waals surface area contributed by atoms with Gasteiger partial charge in [-0.25, -0.2) is 14.8 Å². The van der Waals surface area contributed by atoms with E-state index in [9.17, 15) is 9.59 Å². The van der Waals surface area contributed by atoms with Gasteiger partial charge in [0.1, 0.15) is 12.0 Å². The third kappa shape index (κ3) is 4.85. The minimum atomic E-state index is -0.619. The van der Waals surface area contributed by atoms with Crippen molar-refractivity contribution in [2.45, 2.75) is 6.92 Å². The minimum Gasteiger partial charge on any atom is -0.320 e. The fourth-order valence-electron chi connectivity index (χ4n) is 3.19. The number of hydrogen-bond donors (Lipinski definition) is 3. The van der Waals surface area contributed by atoms with Crippen LogP contribution >= 0.6 is 46.4 Å². The van der Waals surface area contributed by atoms with E-state index in [1.54, 1.807) is 49.5 Å². The zero-order chi connectivity index (χ0) is 24.4. The highest BCUT2D eigenvalue weighted by Crippen LogP contribution is 2.32. The third-order valence-electron chi connectivity index (χ3n) is 4.76. The van der Waals surface area contributed by atoms with Gasteiger partial charge in [0.2, 0.25) is 0 Å². The van der Waals surface area contributed by atoms with E-state index in [0.29, 0.717) is 27.8 Å². The molecule has 0 aliphatic rings. The summed E-state index contributed by atoms with van der Waals surface area (Å²) in [6.45, 7) is 1.78. The Labute approximate surface area is 213 Å². The van der Waals surface area contributed by atoms with E-state index >= 15 is 0 Å². The molecule has 0 radical (unpaired) electrons. The molecule has 2 aromatic carbocycles. The summed E-state index contributed by atoms with van der Waals surface area (Å²) in [5.74, 6) is -0.494. The summed E-state index contributed by atoms with van der Waals surface area (Å²) in [6, 6.07) is 9.33. The number of rotatable bonds is 4. The van der Waals surface area contributed by atoms with E-state index in [1.165, 1.54) is 6.33 Å². The molecule has 12 heteroatoms. The van der Waals surface area contributed by atoms with Crippen LogP contribution < -0.4 is 16.0 Å². The van der Waals surface area contributed by atoms with E-state index in [0.717, 1.165) is 0 Å². The number of amides is 3. The van der Waals surface area contributed by atoms with Gasteiger partial charge in [-0.05, 0) is 30.7 Å². The number of aryl methyl sites for hydroxylation is 1. The highest BCUT2D eigenvalue weighted by atomic mass is 35.5. The molecular formula is C22H14Cl4N6O2. The molecule has 0 aliphatic carbocycles. The van der Waals surface area contributed by atoms with Crippen LogP contribution in [0.25, 0.3) is 10.9 Å². The SMILES string of the molecule is Cc1cnc2c(NC(=O)c3c(Cl)cccc3Cl)cccc2c1NC(=O)Nc1c(Cl)ncnc1Cl. The topological polar surface area (TPSA) is 109 Å². The lowest BCUT2D eigenvalue weighted by atomic mass is 10.1. The molecule has 2 heterocycles. The number of anilines is 3. The number of fused-ring (bicyclic) bond motifs is 1. The number of pyridine rings is 1. The van der Waals surface area contributed by atoms with E-state index in [2.05, 4.69) is 30.9 Å². The molecule has 8 nitrogen and oxygen atoms in total. The number of nitrogens with one attached hydrogen (secondary N) is 3. The normalized spacial score (nSPS) is 10.7. The summed E-state index contributed by atoms with van der Waals surface area (Å²) < 4.78 is 0. The van der Waals surface area contributed by atoms with Crippen LogP contribution in [0, 0.1) is 6.92 Å². The molecule has 0 saturated heterocycles. The van der Waals surface area contributed by atoms with Crippen LogP contribution in [0.2, 0.25) is 20.4 Å². The number of hydrogen-bond acceptors (Lipinski definition) is 5. The zero-order valence-electron chi connectivity index (χ0n) is 17.3. The van der Waals surface area contributed by atoms with Crippen LogP contribution in [-0.2, 0) is 0 Å². The second-order valence-electron chi connectivity index (χ2n) is 6.98. The Bertz CT molecular complexity index is 1410. The molecule has 4 aromatic rings. The van der Waals surface area contributed by atoms with Gasteiger partial charge in [-0.3, -0.25) is 9.78 Å². The number of para-hydroxylation sites is 1. The molecule has 0 atom stereocenters. The largest absolute Gasteiger partial charge is 0.323 e. The van der Waals surface area contributed by atoms with Crippen LogP contribution in [0.3, 0.4) is 0 Å². The first kappa shape index (κ1) is 24.0. The number of nitrogens with zero attached hydrogens (tertiary/aromatic N) is 3. The Hall–Kier alpha value is -3.17. The first-order valence-corrected chi connectivity index (χ1v) is 11.1. The second kappa shape index (κ2) is 9.99. The van der Waals surface area contributed by atoms with E-state index in [-0.39, 0.29) is 31.6 Å². The maximum Gasteiger partial charge on any atom is 0.323 e. The quantitative estimate of drug-likeness (QED) is 0.248. The minimum absolute atomic E-state index is 0.00492. The molecule has 2 aromatic heterocycles. The second-order valence-corrected chi connectivity index (χ2v) is 8.51. The monoisotopic (exact) mass is 534 g/mol. The van der Waals surface area contributed by atoms with Gasteiger partial charge in [-0.15, -0.1) is 0 Å². The van der Waals surface area contributed by atoms with Crippen molar-refractivity contribution in [1.29, 1.82) is 0 Å². The Morgan fingerprint density at radius 2 is 1.41 bits per heavy atom. The predicted molar refractivity (Wildman–Crippen MR) is 136 cm³/mol. The highest BCUT2D eigenvalue weighted by molar-refractivity contribution is 6.40. The fraction of sp³-hybridized carbons (Fsp3) is 0.0455. The summed E-state index contributed by atoms with van der Waals surface area (Å²) in [4.78, 5) is 37.6. The van der Waals surface area contributed by atoms with Gasteiger partial charge in [-0.1, -0.05) is 64.6 Å².